The van der Waals surface area contributed by atoms with E-state index < -0.39 is 6.04 Å². The van der Waals surface area contributed by atoms with Gasteiger partial charge < -0.3 is 10.2 Å². The molecule has 5 heteroatoms. The molecule has 0 aliphatic heterocycles. The first-order chi connectivity index (χ1) is 12.6. The highest BCUT2D eigenvalue weighted by atomic mass is 32.2. The molecule has 26 heavy (non-hydrogen) atoms. The van der Waals surface area contributed by atoms with Crippen molar-refractivity contribution in [3.8, 4) is 0 Å². The van der Waals surface area contributed by atoms with E-state index in [-0.39, 0.29) is 11.8 Å². The summed E-state index contributed by atoms with van der Waals surface area (Å²) in [5.41, 5.74) is 1.01. The summed E-state index contributed by atoms with van der Waals surface area (Å²) < 4.78 is 0. The van der Waals surface area contributed by atoms with E-state index in [0.717, 1.165) is 16.9 Å². The highest BCUT2D eigenvalue weighted by Crippen LogP contribution is 2.19. The van der Waals surface area contributed by atoms with Crippen LogP contribution in [0.4, 0.5) is 0 Å². The van der Waals surface area contributed by atoms with Crippen molar-refractivity contribution in [2.75, 3.05) is 12.3 Å². The van der Waals surface area contributed by atoms with Crippen LogP contribution in [0.1, 0.15) is 25.8 Å². The lowest BCUT2D eigenvalue weighted by atomic mass is 10.1. The molecule has 0 aliphatic carbocycles. The number of benzene rings is 2. The summed E-state index contributed by atoms with van der Waals surface area (Å²) in [6, 6.07) is 19.1. The summed E-state index contributed by atoms with van der Waals surface area (Å²) in [6.07, 6.45) is 0.870. The molecule has 1 unspecified atom stereocenters. The summed E-state index contributed by atoms with van der Waals surface area (Å²) in [7, 11) is 0. The highest BCUT2D eigenvalue weighted by molar-refractivity contribution is 8.00. The molecule has 0 aliphatic rings. The van der Waals surface area contributed by atoms with Gasteiger partial charge in [-0.1, -0.05) is 55.5 Å². The third kappa shape index (κ3) is 6.23. The van der Waals surface area contributed by atoms with Gasteiger partial charge in [0, 0.05) is 18.0 Å². The van der Waals surface area contributed by atoms with Gasteiger partial charge in [0.2, 0.25) is 11.8 Å². The number of carbonyl (C=O) groups excluding carboxylic acids is 2. The van der Waals surface area contributed by atoms with Gasteiger partial charge >= 0.3 is 0 Å². The Bertz CT molecular complexity index is 692. The van der Waals surface area contributed by atoms with Gasteiger partial charge in [0.1, 0.15) is 6.04 Å². The molecule has 0 saturated heterocycles. The van der Waals surface area contributed by atoms with Crippen molar-refractivity contribution in [1.29, 1.82) is 0 Å². The van der Waals surface area contributed by atoms with Crippen LogP contribution in [0.3, 0.4) is 0 Å². The van der Waals surface area contributed by atoms with Crippen molar-refractivity contribution < 1.29 is 9.59 Å². The number of carbonyl (C=O) groups is 2. The van der Waals surface area contributed by atoms with Gasteiger partial charge in [-0.15, -0.1) is 11.8 Å². The largest absolute Gasteiger partial charge is 0.354 e. The smallest absolute Gasteiger partial charge is 0.242 e. The van der Waals surface area contributed by atoms with Crippen LogP contribution in [0.2, 0.25) is 0 Å². The fourth-order valence-electron chi connectivity index (χ4n) is 2.50. The number of rotatable bonds is 9. The lowest BCUT2D eigenvalue weighted by Crippen LogP contribution is -2.48. The van der Waals surface area contributed by atoms with Crippen LogP contribution >= 0.6 is 11.8 Å². The second kappa shape index (κ2) is 10.7. The molecule has 138 valence electrons. The van der Waals surface area contributed by atoms with E-state index in [1.54, 1.807) is 11.8 Å². The molecule has 4 nitrogen and oxygen atoms in total. The van der Waals surface area contributed by atoms with E-state index in [1.807, 2.05) is 67.6 Å². The molecule has 2 aromatic carbocycles. The first kappa shape index (κ1) is 20.0. The molecule has 1 N–H and O–H groups in total. The summed E-state index contributed by atoms with van der Waals surface area (Å²) in [5.74, 6) is 0.158. The molecule has 2 rings (SSSR count). The van der Waals surface area contributed by atoms with E-state index in [2.05, 4.69) is 5.32 Å². The normalized spacial score (nSPS) is 11.6. The van der Waals surface area contributed by atoms with Crippen molar-refractivity contribution in [2.24, 2.45) is 0 Å². The molecule has 0 saturated carbocycles. The molecule has 2 aromatic rings. The quantitative estimate of drug-likeness (QED) is 0.685. The van der Waals surface area contributed by atoms with E-state index in [9.17, 15) is 9.59 Å². The van der Waals surface area contributed by atoms with Gasteiger partial charge in [0.25, 0.3) is 0 Å². The predicted molar refractivity (Wildman–Crippen MR) is 107 cm³/mol. The first-order valence-corrected chi connectivity index (χ1v) is 9.89. The molecule has 0 heterocycles. The Morgan fingerprint density at radius 2 is 1.65 bits per heavy atom. The summed E-state index contributed by atoms with van der Waals surface area (Å²) >= 11 is 1.49. The molecule has 0 bridgehead atoms. The van der Waals surface area contributed by atoms with Crippen LogP contribution in [-0.4, -0.2) is 35.1 Å². The first-order valence-electron chi connectivity index (χ1n) is 8.90. The average Bonchev–Trinajstić information content (AvgIpc) is 2.69. The Hall–Kier alpha value is -2.27. The number of nitrogens with one attached hydrogen (secondary N) is 1. The molecule has 0 radical (unpaired) electrons. The molecule has 0 fully saturated rings. The molecule has 0 spiro atoms. The lowest BCUT2D eigenvalue weighted by Gasteiger charge is -2.28. The third-order valence-corrected chi connectivity index (χ3v) is 5.01. The van der Waals surface area contributed by atoms with Crippen LogP contribution in [0.15, 0.2) is 65.6 Å². The monoisotopic (exact) mass is 370 g/mol. The van der Waals surface area contributed by atoms with E-state index in [1.165, 1.54) is 11.8 Å². The predicted octanol–water partition coefficient (Wildman–Crippen LogP) is 3.72. The number of amides is 2. The van der Waals surface area contributed by atoms with Crippen molar-refractivity contribution in [2.45, 2.75) is 37.8 Å². The Labute approximate surface area is 160 Å². The number of thioether (sulfide) groups is 1. The van der Waals surface area contributed by atoms with Crippen LogP contribution in [0.5, 0.6) is 0 Å². The SMILES string of the molecule is CCCNC(=O)C(C)N(Cc1ccccc1)C(=O)CSc1ccccc1. The van der Waals surface area contributed by atoms with Crippen molar-refractivity contribution in [3.63, 3.8) is 0 Å². The van der Waals surface area contributed by atoms with Gasteiger partial charge in [-0.05, 0) is 31.0 Å². The summed E-state index contributed by atoms with van der Waals surface area (Å²) in [5, 5.41) is 2.89. The molecular weight excluding hydrogens is 344 g/mol. The van der Waals surface area contributed by atoms with E-state index in [0.29, 0.717) is 18.8 Å². The second-order valence-electron chi connectivity index (χ2n) is 6.08. The van der Waals surface area contributed by atoms with Crippen LogP contribution in [0, 0.1) is 0 Å². The summed E-state index contributed by atoms with van der Waals surface area (Å²) in [6.45, 7) is 4.85. The Kier molecular flexibility index (Phi) is 8.22. The maximum absolute atomic E-state index is 12.9. The Morgan fingerprint density at radius 3 is 2.27 bits per heavy atom. The zero-order valence-corrected chi connectivity index (χ0v) is 16.2. The Morgan fingerprint density at radius 1 is 1.04 bits per heavy atom. The zero-order valence-electron chi connectivity index (χ0n) is 15.4. The van der Waals surface area contributed by atoms with Gasteiger partial charge in [-0.25, -0.2) is 0 Å². The van der Waals surface area contributed by atoms with Crippen molar-refractivity contribution in [1.82, 2.24) is 10.2 Å². The van der Waals surface area contributed by atoms with Crippen LogP contribution in [-0.2, 0) is 16.1 Å². The molecule has 0 aromatic heterocycles. The molecular formula is C21H26N2O2S. The third-order valence-electron chi connectivity index (χ3n) is 4.02. The lowest BCUT2D eigenvalue weighted by molar-refractivity contribution is -0.138. The minimum absolute atomic E-state index is 0.0399. The second-order valence-corrected chi connectivity index (χ2v) is 7.12. The number of hydrogen-bond acceptors (Lipinski definition) is 3. The standard InChI is InChI=1S/C21H26N2O2S/c1-3-14-22-21(25)17(2)23(15-18-10-6-4-7-11-18)20(24)16-26-19-12-8-5-9-13-19/h4-13,17H,3,14-16H2,1-2H3,(H,22,25). The highest BCUT2D eigenvalue weighted by Gasteiger charge is 2.25. The van der Waals surface area contributed by atoms with Crippen LogP contribution < -0.4 is 5.32 Å². The topological polar surface area (TPSA) is 49.4 Å². The van der Waals surface area contributed by atoms with Crippen molar-refractivity contribution in [3.05, 3.63) is 66.2 Å². The Balaban J connectivity index is 2.07. The van der Waals surface area contributed by atoms with Crippen LogP contribution in [0.25, 0.3) is 0 Å². The summed E-state index contributed by atoms with van der Waals surface area (Å²) in [4.78, 5) is 28.0. The number of hydrogen-bond donors (Lipinski definition) is 1. The maximum Gasteiger partial charge on any atom is 0.242 e. The number of nitrogens with zero attached hydrogens (tertiary/aromatic N) is 1. The van der Waals surface area contributed by atoms with Gasteiger partial charge in [0.15, 0.2) is 0 Å². The maximum atomic E-state index is 12.9. The molecule has 1 atom stereocenters. The fourth-order valence-corrected chi connectivity index (χ4v) is 3.31. The molecule has 2 amide bonds. The van der Waals surface area contributed by atoms with E-state index in [4.69, 9.17) is 0 Å². The van der Waals surface area contributed by atoms with Crippen molar-refractivity contribution >= 4 is 23.6 Å². The zero-order chi connectivity index (χ0) is 18.8. The average molecular weight is 371 g/mol. The van der Waals surface area contributed by atoms with Gasteiger partial charge in [-0.3, -0.25) is 9.59 Å². The van der Waals surface area contributed by atoms with Gasteiger partial charge in [-0.2, -0.15) is 0 Å². The van der Waals surface area contributed by atoms with Gasteiger partial charge in [0.05, 0.1) is 5.75 Å². The minimum Gasteiger partial charge on any atom is -0.354 e. The minimum atomic E-state index is -0.509. The van der Waals surface area contributed by atoms with E-state index >= 15 is 0 Å². The fraction of sp³-hybridized carbons (Fsp3) is 0.333.